The molecule has 5 aromatic rings. The molecule has 1 fully saturated rings. The molecule has 0 saturated carbocycles. The number of rotatable bonds is 6. The highest BCUT2D eigenvalue weighted by Crippen LogP contribution is 2.32. The quantitative estimate of drug-likeness (QED) is 0.270. The molecule has 216 valence electrons. The number of H-pyrrole nitrogens is 1. The number of nitrogens with zero attached hydrogens (tertiary/aromatic N) is 6. The summed E-state index contributed by atoms with van der Waals surface area (Å²) in [6, 6.07) is 12.1. The Morgan fingerprint density at radius 3 is 2.55 bits per heavy atom. The second-order valence-electron chi connectivity index (χ2n) is 11.7. The number of carbonyl (C=O) groups excluding carboxylic acids is 1. The van der Waals surface area contributed by atoms with Gasteiger partial charge in [-0.15, -0.1) is 10.2 Å². The first-order valence-corrected chi connectivity index (χ1v) is 14.2. The summed E-state index contributed by atoms with van der Waals surface area (Å²) >= 11 is 0. The van der Waals surface area contributed by atoms with Gasteiger partial charge in [0, 0.05) is 42.5 Å². The van der Waals surface area contributed by atoms with Gasteiger partial charge < -0.3 is 24.9 Å². The van der Waals surface area contributed by atoms with Crippen molar-refractivity contribution in [1.29, 1.82) is 0 Å². The fourth-order valence-electron chi connectivity index (χ4n) is 5.23. The van der Waals surface area contributed by atoms with Gasteiger partial charge in [0.15, 0.2) is 0 Å². The van der Waals surface area contributed by atoms with Crippen LogP contribution in [0.3, 0.4) is 0 Å². The third-order valence-corrected chi connectivity index (χ3v) is 7.55. The highest BCUT2D eigenvalue weighted by molar-refractivity contribution is 5.94. The number of carbonyl (C=O) groups is 1. The topological polar surface area (TPSA) is 138 Å². The van der Waals surface area contributed by atoms with E-state index >= 15 is 0 Å². The Morgan fingerprint density at radius 1 is 1.05 bits per heavy atom. The first-order valence-electron chi connectivity index (χ1n) is 14.2. The number of aromatic nitrogens is 6. The number of fused-ring (bicyclic) bond motifs is 1. The molecule has 6 rings (SSSR count). The van der Waals surface area contributed by atoms with Crippen molar-refractivity contribution in [2.45, 2.75) is 46.1 Å². The van der Waals surface area contributed by atoms with Crippen molar-refractivity contribution in [3.63, 3.8) is 0 Å². The number of piperazine rings is 1. The average molecular weight is 566 g/mol. The Labute approximate surface area is 244 Å². The molecule has 1 aliphatic rings. The van der Waals surface area contributed by atoms with E-state index in [1.165, 1.54) is 0 Å². The van der Waals surface area contributed by atoms with E-state index in [1.54, 1.807) is 6.33 Å². The van der Waals surface area contributed by atoms with Gasteiger partial charge in [-0.3, -0.25) is 9.78 Å². The molecule has 5 heterocycles. The van der Waals surface area contributed by atoms with E-state index in [2.05, 4.69) is 58.9 Å². The summed E-state index contributed by atoms with van der Waals surface area (Å²) in [7, 11) is 0. The molecule has 0 aliphatic carbocycles. The Kier molecular flexibility index (Phi) is 7.19. The zero-order valence-electron chi connectivity index (χ0n) is 24.5. The fourth-order valence-corrected chi connectivity index (χ4v) is 5.23. The zero-order valence-corrected chi connectivity index (χ0v) is 24.5. The molecule has 1 saturated heterocycles. The second kappa shape index (κ2) is 11.0. The second-order valence-corrected chi connectivity index (χ2v) is 11.7. The number of hydrogen-bond acceptors (Lipinski definition) is 9. The van der Waals surface area contributed by atoms with E-state index in [9.17, 15) is 4.79 Å². The van der Waals surface area contributed by atoms with Crippen LogP contribution in [-0.4, -0.2) is 62.2 Å². The van der Waals surface area contributed by atoms with Crippen molar-refractivity contribution in [3.8, 4) is 22.6 Å². The van der Waals surface area contributed by atoms with Crippen molar-refractivity contribution in [3.05, 3.63) is 71.8 Å². The van der Waals surface area contributed by atoms with Crippen LogP contribution in [0.2, 0.25) is 0 Å². The van der Waals surface area contributed by atoms with Crippen LogP contribution in [0.25, 0.3) is 33.7 Å². The van der Waals surface area contributed by atoms with Crippen molar-refractivity contribution in [2.24, 2.45) is 0 Å². The van der Waals surface area contributed by atoms with Gasteiger partial charge in [-0.25, -0.2) is 9.97 Å². The fraction of sp³-hybridized carbons (Fsp3) is 0.355. The molecule has 42 heavy (non-hydrogen) atoms. The number of amides is 1. The van der Waals surface area contributed by atoms with Crippen LogP contribution in [-0.2, 0) is 5.41 Å². The lowest BCUT2D eigenvalue weighted by Gasteiger charge is -2.29. The van der Waals surface area contributed by atoms with E-state index in [-0.39, 0.29) is 17.3 Å². The molecule has 0 radical (unpaired) electrons. The normalized spacial score (nSPS) is 14.7. The third kappa shape index (κ3) is 5.47. The lowest BCUT2D eigenvalue weighted by Crippen LogP contribution is -2.43. The van der Waals surface area contributed by atoms with Crippen LogP contribution < -0.4 is 15.5 Å². The lowest BCUT2D eigenvalue weighted by molar-refractivity contribution is 0.0901. The van der Waals surface area contributed by atoms with Gasteiger partial charge in [-0.1, -0.05) is 32.9 Å². The van der Waals surface area contributed by atoms with Gasteiger partial charge in [-0.2, -0.15) is 0 Å². The maximum atomic E-state index is 12.8. The number of hydrogen-bond donors (Lipinski definition) is 3. The van der Waals surface area contributed by atoms with Crippen molar-refractivity contribution < 1.29 is 9.21 Å². The molecular weight excluding hydrogens is 530 g/mol. The number of pyridine rings is 1. The standard InChI is InChI=1S/C31H35N9O2/c1-18-14-20(6-8-22(18)19(2)36-28(41)29-38-39-30(42-29)31(3,4)5)26-23-15-25(37-27(23)35-17-34-26)24-9-7-21(16-33-24)40-12-10-32-11-13-40/h6-9,14-17,19,32H,10-13H2,1-5H3,(H,36,41)(H,34,35,37). The predicted octanol–water partition coefficient (Wildman–Crippen LogP) is 4.58. The molecule has 1 aliphatic heterocycles. The molecule has 11 nitrogen and oxygen atoms in total. The predicted molar refractivity (Wildman–Crippen MR) is 161 cm³/mol. The van der Waals surface area contributed by atoms with E-state index in [0.717, 1.165) is 76.7 Å². The zero-order chi connectivity index (χ0) is 29.4. The summed E-state index contributed by atoms with van der Waals surface area (Å²) < 4.78 is 5.60. The highest BCUT2D eigenvalue weighted by atomic mass is 16.4. The number of anilines is 1. The van der Waals surface area contributed by atoms with Gasteiger partial charge in [-0.05, 0) is 49.2 Å². The van der Waals surface area contributed by atoms with E-state index in [1.807, 2.05) is 59.0 Å². The van der Waals surface area contributed by atoms with Crippen LogP contribution >= 0.6 is 0 Å². The van der Waals surface area contributed by atoms with Crippen molar-refractivity contribution in [2.75, 3.05) is 31.1 Å². The number of aromatic amines is 1. The first kappa shape index (κ1) is 27.5. The number of aryl methyl sites for hydroxylation is 1. The minimum absolute atomic E-state index is 0.0411. The molecule has 0 bridgehead atoms. The maximum absolute atomic E-state index is 12.8. The molecule has 3 N–H and O–H groups in total. The molecule has 4 aromatic heterocycles. The van der Waals surface area contributed by atoms with E-state index < -0.39 is 5.91 Å². The Bertz CT molecular complexity index is 1730. The summed E-state index contributed by atoms with van der Waals surface area (Å²) in [5.74, 6) is -0.0190. The molecule has 1 amide bonds. The molecule has 1 unspecified atom stereocenters. The van der Waals surface area contributed by atoms with Crippen LogP contribution in [0.5, 0.6) is 0 Å². The lowest BCUT2D eigenvalue weighted by atomic mass is 9.97. The smallest absolute Gasteiger partial charge is 0.309 e. The van der Waals surface area contributed by atoms with Crippen LogP contribution in [0.4, 0.5) is 5.69 Å². The van der Waals surface area contributed by atoms with Gasteiger partial charge in [0.2, 0.25) is 5.89 Å². The highest BCUT2D eigenvalue weighted by Gasteiger charge is 2.25. The van der Waals surface area contributed by atoms with Gasteiger partial charge in [0.25, 0.3) is 0 Å². The molecule has 0 spiro atoms. The minimum atomic E-state index is -0.402. The largest absolute Gasteiger partial charge is 0.416 e. The molecule has 1 atom stereocenters. The van der Waals surface area contributed by atoms with Gasteiger partial charge >= 0.3 is 11.8 Å². The Morgan fingerprint density at radius 2 is 1.86 bits per heavy atom. The molecule has 1 aromatic carbocycles. The first-order chi connectivity index (χ1) is 20.2. The molecule has 11 heteroatoms. The summed E-state index contributed by atoms with van der Waals surface area (Å²) in [5, 5.41) is 15.2. The summed E-state index contributed by atoms with van der Waals surface area (Å²) in [4.78, 5) is 32.4. The van der Waals surface area contributed by atoms with Gasteiger partial charge in [0.05, 0.1) is 35.0 Å². The monoisotopic (exact) mass is 565 g/mol. The van der Waals surface area contributed by atoms with E-state index in [0.29, 0.717) is 5.89 Å². The maximum Gasteiger partial charge on any atom is 0.309 e. The van der Waals surface area contributed by atoms with Crippen molar-refractivity contribution >= 4 is 22.6 Å². The number of benzene rings is 1. The van der Waals surface area contributed by atoms with E-state index in [4.69, 9.17) is 9.40 Å². The average Bonchev–Trinajstić information content (AvgIpc) is 3.66. The summed E-state index contributed by atoms with van der Waals surface area (Å²) in [5.41, 5.74) is 7.08. The summed E-state index contributed by atoms with van der Waals surface area (Å²) in [6.45, 7) is 13.8. The number of nitrogens with one attached hydrogen (secondary N) is 3. The SMILES string of the molecule is Cc1cc(-c2ncnc3[nH]c(-c4ccc(N5CCNCC5)cn4)cc23)ccc1C(C)NC(=O)c1nnc(C(C)(C)C)o1. The van der Waals surface area contributed by atoms with Crippen molar-refractivity contribution in [1.82, 2.24) is 40.8 Å². The Hall–Kier alpha value is -4.64. The van der Waals surface area contributed by atoms with Crippen LogP contribution in [0, 0.1) is 6.92 Å². The summed E-state index contributed by atoms with van der Waals surface area (Å²) in [6.07, 6.45) is 3.50. The van der Waals surface area contributed by atoms with Crippen LogP contribution in [0.1, 0.15) is 61.4 Å². The molecular formula is C31H35N9O2. The minimum Gasteiger partial charge on any atom is -0.416 e. The Balaban J connectivity index is 1.21. The third-order valence-electron chi connectivity index (χ3n) is 7.55. The van der Waals surface area contributed by atoms with Crippen LogP contribution in [0.15, 0.2) is 53.3 Å². The van der Waals surface area contributed by atoms with Gasteiger partial charge in [0.1, 0.15) is 12.0 Å².